The number of imide groups is 1. The lowest BCUT2D eigenvalue weighted by Gasteiger charge is -2.27. The molecule has 30 heavy (non-hydrogen) atoms. The molecule has 4 rings (SSSR count). The smallest absolute Gasteiger partial charge is 0.261 e. The fraction of sp³-hybridized carbons (Fsp3) is 0.435. The van der Waals surface area contributed by atoms with Crippen molar-refractivity contribution in [3.05, 3.63) is 47.5 Å². The Kier molecular flexibility index (Phi) is 6.40. The molecule has 2 aliphatic heterocycles. The number of nitrogens with zero attached hydrogens (tertiary/aromatic N) is 1. The lowest BCUT2D eigenvalue weighted by molar-refractivity contribution is -0.908. The average molecular weight is 410 g/mol. The molecule has 2 aromatic carbocycles. The Morgan fingerprint density at radius 2 is 1.67 bits per heavy atom. The lowest BCUT2D eigenvalue weighted by atomic mass is 9.94. The molecule has 1 fully saturated rings. The van der Waals surface area contributed by atoms with Gasteiger partial charge in [-0.05, 0) is 23.9 Å². The van der Waals surface area contributed by atoms with Crippen LogP contribution < -0.4 is 10.2 Å². The molecule has 158 valence electrons. The number of carbonyl (C=O) groups excluding carboxylic acids is 3. The normalized spacial score (nSPS) is 16.9. The number of quaternary nitrogens is 1. The molecule has 7 nitrogen and oxygen atoms in total. The van der Waals surface area contributed by atoms with Crippen LogP contribution in [0.3, 0.4) is 0 Å². The first-order valence-electron chi connectivity index (χ1n) is 10.7. The molecule has 3 amide bonds. The zero-order chi connectivity index (χ0) is 20.9. The maximum Gasteiger partial charge on any atom is 0.261 e. The number of hydrogen-bond acceptors (Lipinski definition) is 4. The van der Waals surface area contributed by atoms with E-state index in [0.717, 1.165) is 50.0 Å². The van der Waals surface area contributed by atoms with Gasteiger partial charge in [-0.2, -0.15) is 0 Å². The fourth-order valence-corrected chi connectivity index (χ4v) is 4.25. The van der Waals surface area contributed by atoms with Crippen molar-refractivity contribution in [3.63, 3.8) is 0 Å². The highest BCUT2D eigenvalue weighted by Crippen LogP contribution is 2.29. The van der Waals surface area contributed by atoms with Crippen LogP contribution in [0.1, 0.15) is 40.0 Å². The minimum atomic E-state index is -0.279. The molecule has 2 aliphatic rings. The van der Waals surface area contributed by atoms with Crippen molar-refractivity contribution < 1.29 is 24.0 Å². The zero-order valence-electron chi connectivity index (χ0n) is 17.1. The monoisotopic (exact) mass is 410 g/mol. The summed E-state index contributed by atoms with van der Waals surface area (Å²) in [4.78, 5) is 40.6. The predicted octanol–water partition coefficient (Wildman–Crippen LogP) is 0.637. The fourth-order valence-electron chi connectivity index (χ4n) is 4.25. The molecule has 0 spiro atoms. The number of amides is 3. The Morgan fingerprint density at radius 3 is 2.33 bits per heavy atom. The summed E-state index contributed by atoms with van der Waals surface area (Å²) in [5.74, 6) is -0.595. The summed E-state index contributed by atoms with van der Waals surface area (Å²) in [6, 6.07) is 11.0. The Morgan fingerprint density at radius 1 is 1.00 bits per heavy atom. The van der Waals surface area contributed by atoms with E-state index in [9.17, 15) is 14.4 Å². The van der Waals surface area contributed by atoms with Crippen LogP contribution in [0, 0.1) is 0 Å². The van der Waals surface area contributed by atoms with Crippen molar-refractivity contribution in [2.45, 2.75) is 19.3 Å². The van der Waals surface area contributed by atoms with Crippen LogP contribution in [0.4, 0.5) is 0 Å². The number of hydrogen-bond donors (Lipinski definition) is 2. The molecule has 0 aromatic heterocycles. The molecule has 7 heteroatoms. The molecule has 0 radical (unpaired) electrons. The van der Waals surface area contributed by atoms with Gasteiger partial charge in [0.1, 0.15) is 13.1 Å². The first-order chi connectivity index (χ1) is 14.6. The molecule has 2 N–H and O–H groups in total. The largest absolute Gasteiger partial charge is 0.370 e. The lowest BCUT2D eigenvalue weighted by Crippen LogP contribution is -3.14. The summed E-state index contributed by atoms with van der Waals surface area (Å²) in [6.45, 7) is 5.62. The van der Waals surface area contributed by atoms with Gasteiger partial charge in [0.15, 0.2) is 0 Å². The van der Waals surface area contributed by atoms with E-state index in [0.29, 0.717) is 30.5 Å². The second-order valence-electron chi connectivity index (χ2n) is 7.89. The number of morpholine rings is 1. The SMILES string of the molecule is O=C(CCCN1C(=O)c2cccc3cccc(c23)C1=O)NCCC[NH+]1CCOCC1. The third-order valence-corrected chi connectivity index (χ3v) is 5.87. The number of nitrogens with one attached hydrogen (secondary N) is 2. The minimum absolute atomic E-state index is 0.0358. The average Bonchev–Trinajstić information content (AvgIpc) is 2.78. The predicted molar refractivity (Wildman–Crippen MR) is 113 cm³/mol. The topological polar surface area (TPSA) is 80.2 Å². The molecule has 0 aliphatic carbocycles. The second kappa shape index (κ2) is 9.36. The molecular formula is C23H28N3O4+. The molecule has 2 aromatic rings. The van der Waals surface area contributed by atoms with Crippen LogP contribution in [0.25, 0.3) is 10.8 Å². The van der Waals surface area contributed by atoms with Crippen LogP contribution in [0.15, 0.2) is 36.4 Å². The van der Waals surface area contributed by atoms with Gasteiger partial charge in [0.2, 0.25) is 5.91 Å². The van der Waals surface area contributed by atoms with Gasteiger partial charge in [-0.25, -0.2) is 0 Å². The van der Waals surface area contributed by atoms with Crippen LogP contribution in [0.5, 0.6) is 0 Å². The number of ether oxygens (including phenoxy) is 1. The van der Waals surface area contributed by atoms with E-state index in [2.05, 4.69) is 5.32 Å². The van der Waals surface area contributed by atoms with Crippen molar-refractivity contribution >= 4 is 28.5 Å². The summed E-state index contributed by atoms with van der Waals surface area (Å²) >= 11 is 0. The highest BCUT2D eigenvalue weighted by molar-refractivity contribution is 6.25. The van der Waals surface area contributed by atoms with Gasteiger partial charge in [-0.3, -0.25) is 19.3 Å². The van der Waals surface area contributed by atoms with Gasteiger partial charge in [0.25, 0.3) is 11.8 Å². The van der Waals surface area contributed by atoms with Gasteiger partial charge in [-0.15, -0.1) is 0 Å². The van der Waals surface area contributed by atoms with Gasteiger partial charge in [0, 0.05) is 42.4 Å². The summed E-state index contributed by atoms with van der Waals surface area (Å²) in [5.41, 5.74) is 1.11. The number of rotatable bonds is 8. The highest BCUT2D eigenvalue weighted by atomic mass is 16.5. The summed E-state index contributed by atoms with van der Waals surface area (Å²) in [6.07, 6.45) is 1.69. The van der Waals surface area contributed by atoms with E-state index >= 15 is 0 Å². The Balaban J connectivity index is 1.24. The van der Waals surface area contributed by atoms with Crippen molar-refractivity contribution in [3.8, 4) is 0 Å². The van der Waals surface area contributed by atoms with Crippen LogP contribution in [-0.2, 0) is 9.53 Å². The van der Waals surface area contributed by atoms with Crippen molar-refractivity contribution in [2.75, 3.05) is 45.9 Å². The van der Waals surface area contributed by atoms with Crippen LogP contribution in [-0.4, -0.2) is 68.6 Å². The highest BCUT2D eigenvalue weighted by Gasteiger charge is 2.32. The molecule has 1 saturated heterocycles. The quantitative estimate of drug-likeness (QED) is 0.494. The molecule has 2 heterocycles. The third-order valence-electron chi connectivity index (χ3n) is 5.87. The summed E-state index contributed by atoms with van der Waals surface area (Å²) in [5, 5.41) is 4.56. The van der Waals surface area contributed by atoms with Crippen molar-refractivity contribution in [1.82, 2.24) is 10.2 Å². The van der Waals surface area contributed by atoms with Crippen LogP contribution in [0.2, 0.25) is 0 Å². The van der Waals surface area contributed by atoms with Gasteiger partial charge in [-0.1, -0.05) is 24.3 Å². The van der Waals surface area contributed by atoms with Crippen molar-refractivity contribution in [2.24, 2.45) is 0 Å². The van der Waals surface area contributed by atoms with E-state index in [1.807, 2.05) is 24.3 Å². The second-order valence-corrected chi connectivity index (χ2v) is 7.89. The first-order valence-corrected chi connectivity index (χ1v) is 10.7. The summed E-state index contributed by atoms with van der Waals surface area (Å²) in [7, 11) is 0. The Bertz CT molecular complexity index is 902. The van der Waals surface area contributed by atoms with Gasteiger partial charge in [0.05, 0.1) is 19.8 Å². The Labute approximate surface area is 176 Å². The zero-order valence-corrected chi connectivity index (χ0v) is 17.1. The van der Waals surface area contributed by atoms with Crippen molar-refractivity contribution in [1.29, 1.82) is 0 Å². The van der Waals surface area contributed by atoms with Crippen LogP contribution >= 0.6 is 0 Å². The van der Waals surface area contributed by atoms with E-state index in [1.165, 1.54) is 9.80 Å². The molecule has 0 bridgehead atoms. The third kappa shape index (κ3) is 4.37. The molecule has 0 unspecified atom stereocenters. The van der Waals surface area contributed by atoms with E-state index in [1.54, 1.807) is 12.1 Å². The standard InChI is InChI=1S/C23H27N3O4/c27-20(24-10-4-11-25-13-15-30-16-14-25)9-3-12-26-22(28)18-7-1-5-17-6-2-8-19(21(17)18)23(26)29/h1-2,5-8H,3-4,9-16H2,(H,24,27)/p+1. The molecular weight excluding hydrogens is 382 g/mol. The maximum absolute atomic E-state index is 12.8. The molecule has 0 saturated carbocycles. The first kappa shape index (κ1) is 20.5. The number of carbonyl (C=O) groups is 3. The van der Waals surface area contributed by atoms with E-state index < -0.39 is 0 Å². The van der Waals surface area contributed by atoms with E-state index in [4.69, 9.17) is 4.74 Å². The number of benzene rings is 2. The molecule has 0 atom stereocenters. The maximum atomic E-state index is 12.8. The van der Waals surface area contributed by atoms with E-state index in [-0.39, 0.29) is 24.3 Å². The Hall–Kier alpha value is -2.77. The minimum Gasteiger partial charge on any atom is -0.370 e. The van der Waals surface area contributed by atoms with Gasteiger partial charge >= 0.3 is 0 Å². The summed E-state index contributed by atoms with van der Waals surface area (Å²) < 4.78 is 5.35. The van der Waals surface area contributed by atoms with Gasteiger partial charge < -0.3 is 15.0 Å².